The molecular formula is C65H50N2. The van der Waals surface area contributed by atoms with E-state index in [1.165, 1.54) is 76.8 Å². The first kappa shape index (κ1) is 40.3. The zero-order valence-electron chi connectivity index (χ0n) is 37.9. The Hall–Kier alpha value is -8.20. The van der Waals surface area contributed by atoms with Crippen LogP contribution in [-0.4, -0.2) is 0 Å². The van der Waals surface area contributed by atoms with Gasteiger partial charge in [-0.25, -0.2) is 0 Å². The van der Waals surface area contributed by atoms with E-state index in [1.807, 2.05) is 0 Å². The molecule has 0 spiro atoms. The highest BCUT2D eigenvalue weighted by molar-refractivity contribution is 6.24. The van der Waals surface area contributed by atoms with Crippen LogP contribution in [0.4, 0.5) is 34.1 Å². The minimum Gasteiger partial charge on any atom is -0.310 e. The summed E-state index contributed by atoms with van der Waals surface area (Å²) in [5.74, 6) is 0. The Kier molecular flexibility index (Phi) is 10.0. The third-order valence-electron chi connectivity index (χ3n) is 14.2. The second-order valence-corrected chi connectivity index (χ2v) is 17.8. The first-order chi connectivity index (χ1) is 33.2. The first-order valence-electron chi connectivity index (χ1n) is 23.7. The standard InChI is InChI=1S/C65H50N2/c1-3-45-33-37-51(38-34-45)66(49-25-13-7-14-26-49)53-41-42-58-59(43-53)54-29-17-19-31-56(54)63-62-57-32-20-18-30-55(57)61(67(50-27-15-8-16-28-50)52-39-35-46(4-2)36-40-52)44-60(62)65(64(58)63,47-21-9-5-10-22-47)48-23-11-6-12-24-48/h5-44H,3-4H2,1-2H3. The van der Waals surface area contributed by atoms with E-state index in [2.05, 4.69) is 266 Å². The minimum atomic E-state index is -0.695. The van der Waals surface area contributed by atoms with Crippen molar-refractivity contribution >= 4 is 66.4 Å². The molecule has 0 saturated carbocycles. The number of hydrogen-bond acceptors (Lipinski definition) is 2. The normalized spacial score (nSPS) is 12.6. The fraction of sp³-hybridized carbons (Fsp3) is 0.0769. The molecule has 0 saturated heterocycles. The van der Waals surface area contributed by atoms with Gasteiger partial charge >= 0.3 is 0 Å². The quantitative estimate of drug-likeness (QED) is 0.126. The monoisotopic (exact) mass is 858 g/mol. The van der Waals surface area contributed by atoms with Crippen molar-refractivity contribution in [2.24, 2.45) is 0 Å². The molecule has 320 valence electrons. The van der Waals surface area contributed by atoms with E-state index in [1.54, 1.807) is 0 Å². The van der Waals surface area contributed by atoms with E-state index in [0.717, 1.165) is 47.0 Å². The third-order valence-corrected chi connectivity index (χ3v) is 14.2. The van der Waals surface area contributed by atoms with E-state index in [4.69, 9.17) is 0 Å². The summed E-state index contributed by atoms with van der Waals surface area (Å²) in [4.78, 5) is 4.88. The van der Waals surface area contributed by atoms with Gasteiger partial charge in [-0.3, -0.25) is 0 Å². The lowest BCUT2D eigenvalue weighted by Crippen LogP contribution is -2.29. The van der Waals surface area contributed by atoms with E-state index in [0.29, 0.717) is 0 Å². The Labute approximate surface area is 393 Å². The van der Waals surface area contributed by atoms with Crippen LogP contribution in [0.15, 0.2) is 243 Å². The summed E-state index contributed by atoms with van der Waals surface area (Å²) in [5, 5.41) is 7.42. The molecule has 1 aliphatic carbocycles. The van der Waals surface area contributed by atoms with Crippen molar-refractivity contribution in [3.05, 3.63) is 276 Å². The van der Waals surface area contributed by atoms with E-state index < -0.39 is 5.41 Å². The van der Waals surface area contributed by atoms with Crippen molar-refractivity contribution < 1.29 is 0 Å². The Morgan fingerprint density at radius 3 is 1.27 bits per heavy atom. The molecule has 0 N–H and O–H groups in total. The molecule has 0 bridgehead atoms. The average Bonchev–Trinajstić information content (AvgIpc) is 3.72. The lowest BCUT2D eigenvalue weighted by Gasteiger charge is -2.36. The highest BCUT2D eigenvalue weighted by Crippen LogP contribution is 2.63. The maximum Gasteiger partial charge on any atom is 0.0720 e. The Balaban J connectivity index is 1.23. The highest BCUT2D eigenvalue weighted by Gasteiger charge is 2.49. The van der Waals surface area contributed by atoms with Crippen LogP contribution in [0.2, 0.25) is 0 Å². The van der Waals surface area contributed by atoms with Gasteiger partial charge in [-0.05, 0) is 151 Å². The van der Waals surface area contributed by atoms with Crippen molar-refractivity contribution in [3.8, 4) is 11.1 Å². The Morgan fingerprint density at radius 2 is 0.731 bits per heavy atom. The molecule has 0 aliphatic heterocycles. The fourth-order valence-electron chi connectivity index (χ4n) is 11.1. The summed E-state index contributed by atoms with van der Waals surface area (Å²) in [6, 6.07) is 90.5. The van der Waals surface area contributed by atoms with Crippen LogP contribution in [0.3, 0.4) is 0 Å². The summed E-state index contributed by atoms with van der Waals surface area (Å²) in [7, 11) is 0. The third kappa shape index (κ3) is 6.47. The van der Waals surface area contributed by atoms with Crippen molar-refractivity contribution in [3.63, 3.8) is 0 Å². The van der Waals surface area contributed by atoms with Crippen LogP contribution in [0.25, 0.3) is 43.4 Å². The second kappa shape index (κ2) is 16.7. The number of nitrogens with zero attached hydrogens (tertiary/aromatic N) is 2. The average molecular weight is 859 g/mol. The van der Waals surface area contributed by atoms with Crippen LogP contribution in [-0.2, 0) is 18.3 Å². The van der Waals surface area contributed by atoms with Gasteiger partial charge in [0.05, 0.1) is 11.1 Å². The van der Waals surface area contributed by atoms with Crippen molar-refractivity contribution in [2.75, 3.05) is 9.80 Å². The zero-order valence-corrected chi connectivity index (χ0v) is 37.9. The largest absolute Gasteiger partial charge is 0.310 e. The molecule has 11 aromatic carbocycles. The number of benzene rings is 11. The smallest absolute Gasteiger partial charge is 0.0720 e. The maximum atomic E-state index is 2.55. The van der Waals surface area contributed by atoms with Gasteiger partial charge in [0, 0.05) is 33.8 Å². The predicted octanol–water partition coefficient (Wildman–Crippen LogP) is 17.6. The summed E-state index contributed by atoms with van der Waals surface area (Å²) in [6.07, 6.45) is 1.99. The first-order valence-corrected chi connectivity index (χ1v) is 23.7. The molecule has 0 radical (unpaired) electrons. The van der Waals surface area contributed by atoms with Crippen LogP contribution in [0, 0.1) is 0 Å². The fourth-order valence-corrected chi connectivity index (χ4v) is 11.1. The molecular weight excluding hydrogens is 809 g/mol. The number of aryl methyl sites for hydroxylation is 2. The van der Waals surface area contributed by atoms with E-state index >= 15 is 0 Å². The summed E-state index contributed by atoms with van der Waals surface area (Å²) >= 11 is 0. The molecule has 67 heavy (non-hydrogen) atoms. The van der Waals surface area contributed by atoms with Gasteiger partial charge in [0.15, 0.2) is 0 Å². The molecule has 11 aromatic rings. The molecule has 2 nitrogen and oxygen atoms in total. The molecule has 2 heteroatoms. The van der Waals surface area contributed by atoms with E-state index in [-0.39, 0.29) is 0 Å². The topological polar surface area (TPSA) is 6.48 Å². The number of hydrogen-bond donors (Lipinski definition) is 0. The maximum absolute atomic E-state index is 2.55. The minimum absolute atomic E-state index is 0.695. The van der Waals surface area contributed by atoms with Crippen LogP contribution >= 0.6 is 0 Å². The lowest BCUT2D eigenvalue weighted by molar-refractivity contribution is 0.776. The number of para-hydroxylation sites is 2. The van der Waals surface area contributed by atoms with Crippen LogP contribution < -0.4 is 9.80 Å². The molecule has 0 unspecified atom stereocenters. The van der Waals surface area contributed by atoms with Crippen molar-refractivity contribution in [1.82, 2.24) is 0 Å². The van der Waals surface area contributed by atoms with Gasteiger partial charge < -0.3 is 9.80 Å². The van der Waals surface area contributed by atoms with Gasteiger partial charge in [-0.1, -0.05) is 190 Å². The van der Waals surface area contributed by atoms with Gasteiger partial charge in [-0.2, -0.15) is 0 Å². The summed E-state index contributed by atoms with van der Waals surface area (Å²) in [5.41, 5.74) is 16.4. The van der Waals surface area contributed by atoms with Crippen molar-refractivity contribution in [1.29, 1.82) is 0 Å². The Bertz CT molecular complexity index is 3530. The molecule has 0 heterocycles. The van der Waals surface area contributed by atoms with Crippen LogP contribution in [0.5, 0.6) is 0 Å². The molecule has 0 fully saturated rings. The van der Waals surface area contributed by atoms with Crippen molar-refractivity contribution in [2.45, 2.75) is 32.1 Å². The molecule has 0 amide bonds. The lowest BCUT2D eigenvalue weighted by atomic mass is 9.66. The molecule has 0 atom stereocenters. The second-order valence-electron chi connectivity index (χ2n) is 17.8. The van der Waals surface area contributed by atoms with E-state index in [9.17, 15) is 0 Å². The summed E-state index contributed by atoms with van der Waals surface area (Å²) in [6.45, 7) is 4.44. The van der Waals surface area contributed by atoms with Gasteiger partial charge in [0.1, 0.15) is 0 Å². The molecule has 1 aliphatic rings. The predicted molar refractivity (Wildman–Crippen MR) is 284 cm³/mol. The number of rotatable bonds is 10. The number of fused-ring (bicyclic) bond motifs is 10. The molecule has 0 aromatic heterocycles. The molecule has 12 rings (SSSR count). The van der Waals surface area contributed by atoms with Gasteiger partial charge in [0.25, 0.3) is 0 Å². The Morgan fingerprint density at radius 1 is 0.313 bits per heavy atom. The van der Waals surface area contributed by atoms with Crippen LogP contribution in [0.1, 0.15) is 47.2 Å². The zero-order chi connectivity index (χ0) is 44.9. The SMILES string of the molecule is CCc1ccc(N(c2ccccc2)c2ccc3c4c(c5ccccc5c3c2)-c2c(cc(N(c3ccccc3)c3ccc(CC)cc3)c3ccccc23)C4(c2ccccc2)c2ccccc2)cc1. The van der Waals surface area contributed by atoms with Gasteiger partial charge in [-0.15, -0.1) is 0 Å². The van der Waals surface area contributed by atoms with Gasteiger partial charge in [0.2, 0.25) is 0 Å². The highest BCUT2D eigenvalue weighted by atomic mass is 15.1. The summed E-state index contributed by atoms with van der Waals surface area (Å²) < 4.78 is 0. The number of anilines is 6.